The van der Waals surface area contributed by atoms with Crippen molar-refractivity contribution in [1.82, 2.24) is 30.8 Å². The van der Waals surface area contributed by atoms with Gasteiger partial charge in [-0.2, -0.15) is 5.10 Å². The van der Waals surface area contributed by atoms with Gasteiger partial charge in [-0.25, -0.2) is 4.98 Å². The Bertz CT molecular complexity index is 1280. The molecule has 8 nitrogen and oxygen atoms in total. The first-order valence-corrected chi connectivity index (χ1v) is 11.7. The number of carbonyl (C=O) groups excluding carboxylic acids is 1. The Kier molecular flexibility index (Phi) is 5.16. The number of rotatable bonds is 5. The lowest BCUT2D eigenvalue weighted by Gasteiger charge is -2.09. The van der Waals surface area contributed by atoms with Gasteiger partial charge in [-0.05, 0) is 67.6 Å². The molecule has 2 aromatic heterocycles. The Hall–Kier alpha value is -3.49. The first kappa shape index (κ1) is 20.1. The Morgan fingerprint density at radius 2 is 1.73 bits per heavy atom. The van der Waals surface area contributed by atoms with Crippen LogP contribution in [0.5, 0.6) is 0 Å². The molecular weight excluding hydrogens is 414 g/mol. The summed E-state index contributed by atoms with van der Waals surface area (Å²) in [6.07, 6.45) is 6.14. The topological polar surface area (TPSA) is 111 Å². The number of hydrogen-bond donors (Lipinski definition) is 5. The van der Waals surface area contributed by atoms with Crippen LogP contribution in [0.25, 0.3) is 33.3 Å². The molecule has 168 valence electrons. The number of nitrogens with zero attached hydrogens (tertiary/aromatic N) is 2. The first-order chi connectivity index (χ1) is 16.2. The number of amides is 1. The normalized spacial score (nSPS) is 20.5. The lowest BCUT2D eigenvalue weighted by molar-refractivity contribution is -0.117. The molecule has 0 radical (unpaired) electrons. The van der Waals surface area contributed by atoms with Crippen molar-refractivity contribution in [3.63, 3.8) is 0 Å². The molecule has 5 N–H and O–H groups in total. The van der Waals surface area contributed by atoms with Crippen molar-refractivity contribution < 1.29 is 4.79 Å². The van der Waals surface area contributed by atoms with E-state index in [1.54, 1.807) is 0 Å². The van der Waals surface area contributed by atoms with Gasteiger partial charge in [0.1, 0.15) is 5.82 Å². The van der Waals surface area contributed by atoms with Crippen molar-refractivity contribution in [2.24, 2.45) is 0 Å². The Morgan fingerprint density at radius 3 is 2.52 bits per heavy atom. The summed E-state index contributed by atoms with van der Waals surface area (Å²) in [6, 6.07) is 14.8. The molecule has 6 rings (SSSR count). The third-order valence-corrected chi connectivity index (χ3v) is 6.70. The number of carbonyl (C=O) groups is 1. The van der Waals surface area contributed by atoms with Crippen LogP contribution in [0.1, 0.15) is 37.5 Å². The van der Waals surface area contributed by atoms with Crippen LogP contribution in [0.2, 0.25) is 0 Å². The average molecular weight is 442 g/mol. The Balaban J connectivity index is 1.20. The monoisotopic (exact) mass is 441 g/mol. The molecule has 4 heterocycles. The molecule has 0 aliphatic carbocycles. The molecule has 33 heavy (non-hydrogen) atoms. The van der Waals surface area contributed by atoms with Crippen LogP contribution in [0.15, 0.2) is 48.7 Å². The van der Waals surface area contributed by atoms with E-state index >= 15 is 0 Å². The molecular formula is C25H27N7O. The number of fused-ring (bicyclic) bond motifs is 1. The van der Waals surface area contributed by atoms with E-state index in [0.29, 0.717) is 11.9 Å². The molecule has 1 amide bonds. The summed E-state index contributed by atoms with van der Waals surface area (Å²) in [4.78, 5) is 20.5. The number of hydrogen-bond acceptors (Lipinski definition) is 5. The number of imidazole rings is 1. The number of aromatic nitrogens is 4. The molecule has 0 bridgehead atoms. The summed E-state index contributed by atoms with van der Waals surface area (Å²) < 4.78 is 0. The van der Waals surface area contributed by atoms with Crippen LogP contribution in [0, 0.1) is 0 Å². The summed E-state index contributed by atoms with van der Waals surface area (Å²) in [7, 11) is 0. The van der Waals surface area contributed by atoms with Gasteiger partial charge < -0.3 is 20.9 Å². The van der Waals surface area contributed by atoms with Gasteiger partial charge in [-0.3, -0.25) is 9.89 Å². The minimum Gasteiger partial charge on any atom is -0.341 e. The lowest BCUT2D eigenvalue weighted by Crippen LogP contribution is -2.35. The fraction of sp³-hybridized carbons (Fsp3) is 0.320. The quantitative estimate of drug-likeness (QED) is 0.324. The van der Waals surface area contributed by atoms with Gasteiger partial charge in [0, 0.05) is 5.39 Å². The lowest BCUT2D eigenvalue weighted by atomic mass is 10.0. The molecule has 2 atom stereocenters. The van der Waals surface area contributed by atoms with E-state index in [-0.39, 0.29) is 11.9 Å². The molecule has 0 unspecified atom stereocenters. The molecule has 0 spiro atoms. The van der Waals surface area contributed by atoms with Gasteiger partial charge in [-0.15, -0.1) is 0 Å². The Labute approximate surface area is 191 Å². The van der Waals surface area contributed by atoms with E-state index in [4.69, 9.17) is 0 Å². The standard InChI is InChI=1S/C25H27N7O/c33-25(20-4-2-12-27-20)30-23-18-10-9-17(13-21(18)31-32-23)15-5-7-16(8-6-15)22-14-28-24(29-22)19-3-1-11-26-19/h5-10,13-14,19-20,26-27H,1-4,11-12H2,(H,28,29)(H2,30,31,32,33)/t19-,20-/m0/s1. The van der Waals surface area contributed by atoms with E-state index < -0.39 is 0 Å². The van der Waals surface area contributed by atoms with Crippen LogP contribution >= 0.6 is 0 Å². The van der Waals surface area contributed by atoms with E-state index in [1.807, 2.05) is 12.3 Å². The highest BCUT2D eigenvalue weighted by Crippen LogP contribution is 2.30. The van der Waals surface area contributed by atoms with Gasteiger partial charge in [0.15, 0.2) is 5.82 Å². The zero-order chi connectivity index (χ0) is 22.2. The number of nitrogens with one attached hydrogen (secondary N) is 5. The number of anilines is 1. The zero-order valence-electron chi connectivity index (χ0n) is 18.3. The Morgan fingerprint density at radius 1 is 0.939 bits per heavy atom. The fourth-order valence-electron chi connectivity index (χ4n) is 4.83. The van der Waals surface area contributed by atoms with E-state index in [0.717, 1.165) is 71.5 Å². The van der Waals surface area contributed by atoms with Crippen LogP contribution in [0.4, 0.5) is 5.82 Å². The van der Waals surface area contributed by atoms with Crippen molar-refractivity contribution in [1.29, 1.82) is 0 Å². The minimum absolute atomic E-state index is 0.0220. The highest BCUT2D eigenvalue weighted by atomic mass is 16.2. The highest BCUT2D eigenvalue weighted by molar-refractivity contribution is 6.02. The van der Waals surface area contributed by atoms with Gasteiger partial charge in [0.2, 0.25) is 5.91 Å². The van der Waals surface area contributed by atoms with Gasteiger partial charge >= 0.3 is 0 Å². The number of H-pyrrole nitrogens is 2. The summed E-state index contributed by atoms with van der Waals surface area (Å²) in [5.41, 5.74) is 5.25. The maximum atomic E-state index is 12.4. The van der Waals surface area contributed by atoms with Gasteiger partial charge in [-0.1, -0.05) is 30.3 Å². The number of benzene rings is 2. The minimum atomic E-state index is -0.130. The highest BCUT2D eigenvalue weighted by Gasteiger charge is 2.23. The molecule has 2 saturated heterocycles. The third-order valence-electron chi connectivity index (χ3n) is 6.70. The molecule has 2 fully saturated rings. The molecule has 2 aromatic carbocycles. The second-order valence-electron chi connectivity index (χ2n) is 8.88. The molecule has 8 heteroatoms. The van der Waals surface area contributed by atoms with Crippen LogP contribution in [-0.2, 0) is 4.79 Å². The second-order valence-corrected chi connectivity index (χ2v) is 8.88. The van der Waals surface area contributed by atoms with Crippen molar-refractivity contribution in [3.8, 4) is 22.4 Å². The zero-order valence-corrected chi connectivity index (χ0v) is 18.3. The summed E-state index contributed by atoms with van der Waals surface area (Å²) in [5, 5.41) is 18.0. The fourth-order valence-corrected chi connectivity index (χ4v) is 4.83. The number of aromatic amines is 2. The van der Waals surface area contributed by atoms with E-state index in [9.17, 15) is 4.79 Å². The molecule has 2 aliphatic heterocycles. The maximum Gasteiger partial charge on any atom is 0.242 e. The van der Waals surface area contributed by atoms with Gasteiger partial charge in [0.05, 0.1) is 29.5 Å². The SMILES string of the molecule is O=C(Nc1n[nH]c2cc(-c3ccc(-c4cnc([C@@H]5CCCN5)[nH]4)cc3)ccc12)[C@@H]1CCCN1. The van der Waals surface area contributed by atoms with Gasteiger partial charge in [0.25, 0.3) is 0 Å². The predicted octanol–water partition coefficient (Wildman–Crippen LogP) is 3.74. The first-order valence-electron chi connectivity index (χ1n) is 11.7. The van der Waals surface area contributed by atoms with Crippen molar-refractivity contribution in [2.45, 2.75) is 37.8 Å². The summed E-state index contributed by atoms with van der Waals surface area (Å²) in [5.74, 6) is 1.58. The third kappa shape index (κ3) is 3.92. The average Bonchev–Trinajstić information content (AvgIpc) is 3.66. The summed E-state index contributed by atoms with van der Waals surface area (Å²) >= 11 is 0. The van der Waals surface area contributed by atoms with E-state index in [1.165, 1.54) is 6.42 Å². The smallest absolute Gasteiger partial charge is 0.242 e. The predicted molar refractivity (Wildman–Crippen MR) is 129 cm³/mol. The van der Waals surface area contributed by atoms with Crippen molar-refractivity contribution in [3.05, 3.63) is 54.5 Å². The van der Waals surface area contributed by atoms with Crippen LogP contribution in [-0.4, -0.2) is 45.2 Å². The largest absolute Gasteiger partial charge is 0.341 e. The molecule has 4 aromatic rings. The molecule has 0 saturated carbocycles. The summed E-state index contributed by atoms with van der Waals surface area (Å²) in [6.45, 7) is 1.95. The van der Waals surface area contributed by atoms with Crippen molar-refractivity contribution in [2.75, 3.05) is 18.4 Å². The van der Waals surface area contributed by atoms with Crippen LogP contribution < -0.4 is 16.0 Å². The van der Waals surface area contributed by atoms with Crippen molar-refractivity contribution >= 4 is 22.6 Å². The van der Waals surface area contributed by atoms with E-state index in [2.05, 4.69) is 72.5 Å². The second kappa shape index (κ2) is 8.46. The van der Waals surface area contributed by atoms with Crippen LogP contribution in [0.3, 0.4) is 0 Å². The molecule has 2 aliphatic rings. The maximum absolute atomic E-state index is 12.4.